The number of rotatable bonds is 4. The van der Waals surface area contributed by atoms with Crippen LogP contribution in [0.4, 0.5) is 0 Å². The maximum atomic E-state index is 8.98. The van der Waals surface area contributed by atoms with Gasteiger partial charge in [0.2, 0.25) is 5.88 Å². The third-order valence-corrected chi connectivity index (χ3v) is 1.67. The molecule has 0 aliphatic carbocycles. The van der Waals surface area contributed by atoms with E-state index in [0.29, 0.717) is 5.88 Å². The van der Waals surface area contributed by atoms with Gasteiger partial charge in [0.25, 0.3) is 0 Å². The fraction of sp³-hybridized carbons (Fsp3) is 0.500. The Morgan fingerprint density at radius 3 is 3.18 bits per heavy atom. The van der Waals surface area contributed by atoms with Crippen molar-refractivity contribution in [3.8, 4) is 5.88 Å². The van der Waals surface area contributed by atoms with Gasteiger partial charge in [0, 0.05) is 6.54 Å². The van der Waals surface area contributed by atoms with Crippen LogP contribution in [0.1, 0.15) is 0 Å². The summed E-state index contributed by atoms with van der Waals surface area (Å²) >= 11 is 1.45. The van der Waals surface area contributed by atoms with Gasteiger partial charge in [-0.2, -0.15) is 0 Å². The van der Waals surface area contributed by atoms with Crippen LogP contribution in [0, 0.1) is 0 Å². The van der Waals surface area contributed by atoms with E-state index in [4.69, 9.17) is 15.6 Å². The largest absolute Gasteiger partial charge is 0.474 e. The summed E-state index contributed by atoms with van der Waals surface area (Å²) in [5.74, 6) is 0.544. The van der Waals surface area contributed by atoms with Gasteiger partial charge in [0.1, 0.15) is 12.7 Å². The molecule has 0 spiro atoms. The second-order valence-electron chi connectivity index (χ2n) is 2.03. The molecule has 1 unspecified atom stereocenters. The summed E-state index contributed by atoms with van der Waals surface area (Å²) in [7, 11) is 0. The van der Waals surface area contributed by atoms with Crippen molar-refractivity contribution in [3.05, 3.63) is 10.9 Å². The predicted molar refractivity (Wildman–Crippen MR) is 42.7 cm³/mol. The van der Waals surface area contributed by atoms with Crippen molar-refractivity contribution in [3.63, 3.8) is 0 Å². The van der Waals surface area contributed by atoms with Crippen molar-refractivity contribution in [1.29, 1.82) is 0 Å². The number of ether oxygens (including phenoxy) is 1. The summed E-state index contributed by atoms with van der Waals surface area (Å²) in [5, 5.41) is 10.7. The van der Waals surface area contributed by atoms with E-state index < -0.39 is 6.10 Å². The van der Waals surface area contributed by atoms with Crippen molar-refractivity contribution < 1.29 is 9.84 Å². The van der Waals surface area contributed by atoms with Crippen LogP contribution in [0.15, 0.2) is 10.9 Å². The number of nitrogens with two attached hydrogens (primary N) is 1. The average Bonchev–Trinajstić information content (AvgIpc) is 2.52. The highest BCUT2D eigenvalue weighted by Gasteiger charge is 2.02. The van der Waals surface area contributed by atoms with Crippen molar-refractivity contribution >= 4 is 11.3 Å². The van der Waals surface area contributed by atoms with Gasteiger partial charge >= 0.3 is 0 Å². The Morgan fingerprint density at radius 1 is 1.82 bits per heavy atom. The molecular formula is C6H10N2O2S. The van der Waals surface area contributed by atoms with Gasteiger partial charge in [-0.15, -0.1) is 11.3 Å². The van der Waals surface area contributed by atoms with Gasteiger partial charge in [0.15, 0.2) is 0 Å². The summed E-state index contributed by atoms with van der Waals surface area (Å²) in [6, 6.07) is 0. The van der Waals surface area contributed by atoms with Gasteiger partial charge in [-0.05, 0) is 0 Å². The third-order valence-electron chi connectivity index (χ3n) is 1.11. The van der Waals surface area contributed by atoms with Crippen molar-refractivity contribution in [2.24, 2.45) is 5.73 Å². The second-order valence-corrected chi connectivity index (χ2v) is 2.75. The Hall–Kier alpha value is -0.650. The minimum absolute atomic E-state index is 0.209. The number of hydrogen-bond acceptors (Lipinski definition) is 5. The Balaban J connectivity index is 2.23. The molecule has 1 atom stereocenters. The van der Waals surface area contributed by atoms with Crippen LogP contribution in [0.3, 0.4) is 0 Å². The number of aromatic nitrogens is 1. The molecule has 0 saturated carbocycles. The highest BCUT2D eigenvalue weighted by atomic mass is 32.1. The molecule has 62 valence electrons. The van der Waals surface area contributed by atoms with Crippen molar-refractivity contribution in [1.82, 2.24) is 4.98 Å². The zero-order valence-electron chi connectivity index (χ0n) is 5.93. The third kappa shape index (κ3) is 2.83. The summed E-state index contributed by atoms with van der Waals surface area (Å²) in [4.78, 5) is 3.87. The molecule has 0 aliphatic heterocycles. The van der Waals surface area contributed by atoms with Crippen LogP contribution < -0.4 is 10.5 Å². The topological polar surface area (TPSA) is 68.4 Å². The van der Waals surface area contributed by atoms with E-state index in [-0.39, 0.29) is 13.2 Å². The van der Waals surface area contributed by atoms with Crippen molar-refractivity contribution in [2.45, 2.75) is 6.10 Å². The zero-order valence-corrected chi connectivity index (χ0v) is 6.75. The first-order chi connectivity index (χ1) is 5.33. The second kappa shape index (κ2) is 4.27. The molecule has 1 heterocycles. The molecule has 1 rings (SSSR count). The lowest BCUT2D eigenvalue weighted by molar-refractivity contribution is 0.112. The number of aliphatic hydroxyl groups is 1. The molecule has 0 saturated heterocycles. The first-order valence-electron chi connectivity index (χ1n) is 3.22. The molecule has 0 radical (unpaired) electrons. The lowest BCUT2D eigenvalue weighted by Gasteiger charge is -2.06. The van der Waals surface area contributed by atoms with Crippen LogP contribution in [0.2, 0.25) is 0 Å². The van der Waals surface area contributed by atoms with Gasteiger partial charge in [-0.3, -0.25) is 0 Å². The van der Waals surface area contributed by atoms with Crippen molar-refractivity contribution in [2.75, 3.05) is 13.2 Å². The fourth-order valence-corrected chi connectivity index (χ4v) is 0.993. The fourth-order valence-electron chi connectivity index (χ4n) is 0.522. The molecule has 0 amide bonds. The van der Waals surface area contributed by atoms with E-state index in [1.54, 1.807) is 10.9 Å². The summed E-state index contributed by atoms with van der Waals surface area (Å²) in [6.45, 7) is 0.421. The molecule has 11 heavy (non-hydrogen) atoms. The van der Waals surface area contributed by atoms with Gasteiger partial charge in [0.05, 0.1) is 10.9 Å². The maximum absolute atomic E-state index is 8.98. The average molecular weight is 174 g/mol. The van der Waals surface area contributed by atoms with Gasteiger partial charge in [-0.1, -0.05) is 0 Å². The summed E-state index contributed by atoms with van der Waals surface area (Å²) in [6.07, 6.45) is -0.600. The Kier molecular flexibility index (Phi) is 3.28. The van der Waals surface area contributed by atoms with Crippen LogP contribution >= 0.6 is 11.3 Å². The van der Waals surface area contributed by atoms with E-state index >= 15 is 0 Å². The molecule has 3 N–H and O–H groups in total. The van der Waals surface area contributed by atoms with E-state index in [2.05, 4.69) is 4.98 Å². The van der Waals surface area contributed by atoms with Crippen LogP contribution in [0.25, 0.3) is 0 Å². The summed E-state index contributed by atoms with van der Waals surface area (Å²) in [5.41, 5.74) is 6.83. The minimum Gasteiger partial charge on any atom is -0.474 e. The Bertz CT molecular complexity index is 190. The molecule has 1 aromatic rings. The molecule has 5 heteroatoms. The molecular weight excluding hydrogens is 164 g/mol. The van der Waals surface area contributed by atoms with E-state index in [1.165, 1.54) is 11.3 Å². The lowest BCUT2D eigenvalue weighted by atomic mass is 10.4. The number of thiazole rings is 1. The van der Waals surface area contributed by atoms with Crippen LogP contribution in [-0.4, -0.2) is 29.3 Å². The number of nitrogens with zero attached hydrogens (tertiary/aromatic N) is 1. The van der Waals surface area contributed by atoms with E-state index in [1.807, 2.05) is 0 Å². The van der Waals surface area contributed by atoms with Gasteiger partial charge in [-0.25, -0.2) is 4.98 Å². The SMILES string of the molecule is NCC(O)COc1cscn1. The van der Waals surface area contributed by atoms with E-state index in [0.717, 1.165) is 0 Å². The highest BCUT2D eigenvalue weighted by molar-refractivity contribution is 7.07. The van der Waals surface area contributed by atoms with Gasteiger partial charge < -0.3 is 15.6 Å². The Morgan fingerprint density at radius 2 is 2.64 bits per heavy atom. The normalized spacial score (nSPS) is 12.9. The first kappa shape index (κ1) is 8.45. The minimum atomic E-state index is -0.600. The van der Waals surface area contributed by atoms with Crippen LogP contribution in [-0.2, 0) is 0 Å². The molecule has 0 aromatic carbocycles. The monoisotopic (exact) mass is 174 g/mol. The molecule has 0 bridgehead atoms. The highest BCUT2D eigenvalue weighted by Crippen LogP contribution is 2.09. The quantitative estimate of drug-likeness (QED) is 0.665. The van der Waals surface area contributed by atoms with E-state index in [9.17, 15) is 0 Å². The molecule has 4 nitrogen and oxygen atoms in total. The smallest absolute Gasteiger partial charge is 0.224 e. The maximum Gasteiger partial charge on any atom is 0.224 e. The van der Waals surface area contributed by atoms with Crippen LogP contribution in [0.5, 0.6) is 5.88 Å². The molecule has 1 aromatic heterocycles. The number of hydrogen-bond donors (Lipinski definition) is 2. The molecule has 0 fully saturated rings. The predicted octanol–water partition coefficient (Wildman–Crippen LogP) is -0.159. The first-order valence-corrected chi connectivity index (χ1v) is 4.16. The standard InChI is InChI=1S/C6H10N2O2S/c7-1-5(9)2-10-6-3-11-4-8-6/h3-5,9H,1-2,7H2. The zero-order chi connectivity index (χ0) is 8.10. The molecule has 0 aliphatic rings. The lowest BCUT2D eigenvalue weighted by Crippen LogP contribution is -2.26. The Labute approximate surface area is 68.6 Å². The summed E-state index contributed by atoms with van der Waals surface area (Å²) < 4.78 is 5.07. The number of aliphatic hydroxyl groups excluding tert-OH is 1.